The number of aromatic nitrogens is 1. The van der Waals surface area contributed by atoms with Crippen molar-refractivity contribution in [3.8, 4) is 0 Å². The van der Waals surface area contributed by atoms with E-state index < -0.39 is 18.3 Å². The van der Waals surface area contributed by atoms with Gasteiger partial charge in [-0.25, -0.2) is 8.78 Å². The molecule has 6 heteroatoms. The molecular weight excluding hydrogens is 206 g/mol. The zero-order chi connectivity index (χ0) is 11.4. The monoisotopic (exact) mass is 216 g/mol. The second-order valence-corrected chi connectivity index (χ2v) is 2.94. The maximum absolute atomic E-state index is 12.1. The lowest BCUT2D eigenvalue weighted by Gasteiger charge is -2.09. The van der Waals surface area contributed by atoms with Crippen molar-refractivity contribution in [1.29, 1.82) is 0 Å². The van der Waals surface area contributed by atoms with E-state index in [2.05, 4.69) is 4.98 Å². The number of pyridine rings is 1. The lowest BCUT2D eigenvalue weighted by molar-refractivity contribution is -0.138. The summed E-state index contributed by atoms with van der Waals surface area (Å²) in [5, 5.41) is 8.75. The van der Waals surface area contributed by atoms with Crippen molar-refractivity contribution >= 4 is 5.97 Å². The number of carboxylic acid groups (broad SMARTS) is 1. The van der Waals surface area contributed by atoms with Gasteiger partial charge in [-0.15, -0.1) is 0 Å². The fourth-order valence-corrected chi connectivity index (χ4v) is 1.13. The summed E-state index contributed by atoms with van der Waals surface area (Å²) in [4.78, 5) is 14.2. The Balaban J connectivity index is 2.92. The third kappa shape index (κ3) is 2.69. The van der Waals surface area contributed by atoms with Gasteiger partial charge in [0.15, 0.2) is 0 Å². The van der Waals surface area contributed by atoms with Gasteiger partial charge in [-0.1, -0.05) is 6.07 Å². The summed E-state index contributed by atoms with van der Waals surface area (Å²) in [6.45, 7) is -0.0922. The molecule has 1 heterocycles. The molecule has 0 radical (unpaired) electrons. The van der Waals surface area contributed by atoms with Crippen LogP contribution in [-0.2, 0) is 4.79 Å². The number of carboxylic acids is 1. The Morgan fingerprint density at radius 2 is 2.20 bits per heavy atom. The minimum absolute atomic E-state index is 0.0922. The number of carbonyl (C=O) groups is 1. The normalized spacial score (nSPS) is 12.8. The van der Waals surface area contributed by atoms with Gasteiger partial charge < -0.3 is 10.8 Å². The van der Waals surface area contributed by atoms with Gasteiger partial charge in [-0.05, 0) is 11.6 Å². The van der Waals surface area contributed by atoms with Crippen molar-refractivity contribution in [1.82, 2.24) is 4.98 Å². The van der Waals surface area contributed by atoms with Gasteiger partial charge in [0, 0.05) is 12.7 Å². The second-order valence-electron chi connectivity index (χ2n) is 2.94. The second kappa shape index (κ2) is 4.79. The van der Waals surface area contributed by atoms with Gasteiger partial charge in [0.05, 0.1) is 5.92 Å². The average molecular weight is 216 g/mol. The third-order valence-corrected chi connectivity index (χ3v) is 1.97. The van der Waals surface area contributed by atoms with Crippen LogP contribution >= 0.6 is 0 Å². The highest BCUT2D eigenvalue weighted by atomic mass is 19.3. The van der Waals surface area contributed by atoms with Crippen molar-refractivity contribution < 1.29 is 18.7 Å². The lowest BCUT2D eigenvalue weighted by Crippen LogP contribution is -2.21. The largest absolute Gasteiger partial charge is 0.481 e. The molecule has 0 bridgehead atoms. The van der Waals surface area contributed by atoms with Gasteiger partial charge in [0.2, 0.25) is 0 Å². The van der Waals surface area contributed by atoms with E-state index in [1.54, 1.807) is 0 Å². The number of hydrogen-bond acceptors (Lipinski definition) is 3. The third-order valence-electron chi connectivity index (χ3n) is 1.97. The Labute approximate surface area is 84.7 Å². The molecule has 1 atom stereocenters. The minimum atomic E-state index is -2.65. The fraction of sp³-hybridized carbons (Fsp3) is 0.333. The molecule has 0 amide bonds. The summed E-state index contributed by atoms with van der Waals surface area (Å²) >= 11 is 0. The highest BCUT2D eigenvalue weighted by molar-refractivity contribution is 5.76. The number of aliphatic carboxylic acids is 1. The fourth-order valence-electron chi connectivity index (χ4n) is 1.13. The number of nitrogens with zero attached hydrogens (tertiary/aromatic N) is 1. The summed E-state index contributed by atoms with van der Waals surface area (Å²) < 4.78 is 24.3. The van der Waals surface area contributed by atoms with Crippen LogP contribution in [-0.4, -0.2) is 22.6 Å². The molecule has 1 aromatic heterocycles. The molecule has 1 aromatic rings. The number of rotatable bonds is 4. The molecular formula is C9H10F2N2O2. The Bertz CT molecular complexity index is 340. The first kappa shape index (κ1) is 11.5. The van der Waals surface area contributed by atoms with E-state index in [0.717, 1.165) is 12.3 Å². The first-order valence-corrected chi connectivity index (χ1v) is 4.23. The first-order valence-electron chi connectivity index (χ1n) is 4.23. The van der Waals surface area contributed by atoms with Gasteiger partial charge >= 0.3 is 5.97 Å². The zero-order valence-electron chi connectivity index (χ0n) is 7.73. The summed E-state index contributed by atoms with van der Waals surface area (Å²) in [7, 11) is 0. The first-order chi connectivity index (χ1) is 7.06. The summed E-state index contributed by atoms with van der Waals surface area (Å²) in [6.07, 6.45) is -1.53. The molecule has 15 heavy (non-hydrogen) atoms. The van der Waals surface area contributed by atoms with Crippen molar-refractivity contribution in [2.24, 2.45) is 5.73 Å². The van der Waals surface area contributed by atoms with Crippen LogP contribution in [0.5, 0.6) is 0 Å². The Hall–Kier alpha value is -1.56. The number of hydrogen-bond donors (Lipinski definition) is 2. The van der Waals surface area contributed by atoms with Gasteiger partial charge in [-0.3, -0.25) is 9.78 Å². The topological polar surface area (TPSA) is 76.2 Å². The molecule has 0 fully saturated rings. The molecule has 0 saturated carbocycles. The number of nitrogens with two attached hydrogens (primary N) is 1. The molecule has 4 nitrogen and oxygen atoms in total. The van der Waals surface area contributed by atoms with Crippen LogP contribution in [0.4, 0.5) is 8.78 Å². The van der Waals surface area contributed by atoms with Crippen LogP contribution in [0.15, 0.2) is 18.3 Å². The summed E-state index contributed by atoms with van der Waals surface area (Å²) in [6, 6.07) is 2.41. The van der Waals surface area contributed by atoms with Crippen LogP contribution in [0.3, 0.4) is 0 Å². The number of halogens is 2. The van der Waals surface area contributed by atoms with E-state index in [1.165, 1.54) is 6.07 Å². The Morgan fingerprint density at radius 1 is 1.53 bits per heavy atom. The van der Waals surface area contributed by atoms with Crippen LogP contribution < -0.4 is 5.73 Å². The molecule has 82 valence electrons. The lowest BCUT2D eigenvalue weighted by atomic mass is 10.0. The van der Waals surface area contributed by atoms with Crippen molar-refractivity contribution in [2.75, 3.05) is 6.54 Å². The number of alkyl halides is 2. The molecule has 0 aliphatic heterocycles. The average Bonchev–Trinajstić information content (AvgIpc) is 2.19. The summed E-state index contributed by atoms with van der Waals surface area (Å²) in [5.74, 6) is -1.99. The summed E-state index contributed by atoms with van der Waals surface area (Å²) in [5.41, 5.74) is 5.20. The van der Waals surface area contributed by atoms with E-state index in [0.29, 0.717) is 5.56 Å². The predicted molar refractivity (Wildman–Crippen MR) is 48.6 cm³/mol. The van der Waals surface area contributed by atoms with Gasteiger partial charge in [0.1, 0.15) is 5.69 Å². The van der Waals surface area contributed by atoms with Crippen molar-refractivity contribution in [2.45, 2.75) is 12.3 Å². The van der Waals surface area contributed by atoms with Crippen LogP contribution in [0.1, 0.15) is 23.6 Å². The quantitative estimate of drug-likeness (QED) is 0.791. The molecule has 0 spiro atoms. The maximum Gasteiger partial charge on any atom is 0.312 e. The van der Waals surface area contributed by atoms with Crippen LogP contribution in [0, 0.1) is 0 Å². The van der Waals surface area contributed by atoms with Crippen LogP contribution in [0.25, 0.3) is 0 Å². The molecule has 0 saturated heterocycles. The molecule has 0 aliphatic rings. The van der Waals surface area contributed by atoms with E-state index >= 15 is 0 Å². The highest BCUT2D eigenvalue weighted by Gasteiger charge is 2.19. The minimum Gasteiger partial charge on any atom is -0.481 e. The van der Waals surface area contributed by atoms with E-state index in [-0.39, 0.29) is 12.2 Å². The van der Waals surface area contributed by atoms with Crippen molar-refractivity contribution in [3.05, 3.63) is 29.6 Å². The Kier molecular flexibility index (Phi) is 3.68. The molecule has 3 N–H and O–H groups in total. The zero-order valence-corrected chi connectivity index (χ0v) is 7.73. The Morgan fingerprint density at radius 3 is 2.53 bits per heavy atom. The highest BCUT2D eigenvalue weighted by Crippen LogP contribution is 2.19. The SMILES string of the molecule is NCC(C(=O)O)c1ccc(C(F)F)nc1. The molecule has 1 unspecified atom stereocenters. The molecule has 1 rings (SSSR count). The van der Waals surface area contributed by atoms with E-state index in [9.17, 15) is 13.6 Å². The van der Waals surface area contributed by atoms with E-state index in [1.807, 2.05) is 0 Å². The van der Waals surface area contributed by atoms with Crippen molar-refractivity contribution in [3.63, 3.8) is 0 Å². The van der Waals surface area contributed by atoms with E-state index in [4.69, 9.17) is 10.8 Å². The van der Waals surface area contributed by atoms with Gasteiger partial charge in [-0.2, -0.15) is 0 Å². The van der Waals surface area contributed by atoms with Gasteiger partial charge in [0.25, 0.3) is 6.43 Å². The van der Waals surface area contributed by atoms with Crippen LogP contribution in [0.2, 0.25) is 0 Å². The standard InChI is InChI=1S/C9H10F2N2O2/c10-8(11)7-2-1-5(4-13-7)6(3-12)9(14)15/h1-2,4,6,8H,3,12H2,(H,14,15). The smallest absolute Gasteiger partial charge is 0.312 e. The maximum atomic E-state index is 12.1. The molecule has 0 aliphatic carbocycles. The molecule has 0 aromatic carbocycles. The predicted octanol–water partition coefficient (Wildman–Crippen LogP) is 1.15.